The Hall–Kier alpha value is -0.830. The molecule has 3 aliphatic rings. The van der Waals surface area contributed by atoms with E-state index >= 15 is 0 Å². The Kier molecular flexibility index (Phi) is 3.92. The summed E-state index contributed by atoms with van der Waals surface area (Å²) in [7, 11) is 0. The van der Waals surface area contributed by atoms with E-state index in [2.05, 4.69) is 29.3 Å². The molecule has 1 N–H and O–H groups in total. The summed E-state index contributed by atoms with van der Waals surface area (Å²) in [4.78, 5) is 14.7. The van der Waals surface area contributed by atoms with Crippen molar-refractivity contribution in [2.45, 2.75) is 32.6 Å². The average molecular weight is 262 g/mol. The predicted octanol–water partition coefficient (Wildman–Crippen LogP) is 2.05. The number of amides is 1. The van der Waals surface area contributed by atoms with Crippen molar-refractivity contribution in [3.05, 3.63) is 12.2 Å². The number of fused-ring (bicyclic) bond motifs is 2. The third-order valence-electron chi connectivity index (χ3n) is 5.21. The third kappa shape index (κ3) is 2.71. The van der Waals surface area contributed by atoms with Gasteiger partial charge in [-0.3, -0.25) is 4.79 Å². The number of likely N-dealkylation sites (tertiary alicyclic amines) is 1. The van der Waals surface area contributed by atoms with Crippen LogP contribution in [0.1, 0.15) is 32.6 Å². The number of carbonyl (C=O) groups is 1. The zero-order valence-electron chi connectivity index (χ0n) is 12.0. The molecule has 3 heteroatoms. The predicted molar refractivity (Wildman–Crippen MR) is 76.7 cm³/mol. The molecule has 1 aliphatic heterocycles. The molecule has 19 heavy (non-hydrogen) atoms. The zero-order chi connectivity index (χ0) is 13.2. The van der Waals surface area contributed by atoms with Crippen molar-refractivity contribution in [2.75, 3.05) is 26.2 Å². The molecule has 3 atom stereocenters. The third-order valence-corrected chi connectivity index (χ3v) is 5.21. The van der Waals surface area contributed by atoms with Crippen molar-refractivity contribution >= 4 is 5.91 Å². The highest BCUT2D eigenvalue weighted by Gasteiger charge is 2.41. The molecule has 2 bridgehead atoms. The fourth-order valence-electron chi connectivity index (χ4n) is 4.01. The van der Waals surface area contributed by atoms with Crippen LogP contribution in [-0.4, -0.2) is 37.0 Å². The molecule has 3 rings (SSSR count). The van der Waals surface area contributed by atoms with Gasteiger partial charge in [0.2, 0.25) is 5.91 Å². The molecule has 1 saturated carbocycles. The van der Waals surface area contributed by atoms with Crippen molar-refractivity contribution in [1.82, 2.24) is 10.2 Å². The molecule has 0 spiro atoms. The van der Waals surface area contributed by atoms with Gasteiger partial charge >= 0.3 is 0 Å². The Morgan fingerprint density at radius 3 is 2.63 bits per heavy atom. The maximum atomic E-state index is 12.6. The number of carbonyl (C=O) groups excluding carboxylic acids is 1. The fraction of sp³-hybridized carbons (Fsp3) is 0.812. The van der Waals surface area contributed by atoms with Crippen LogP contribution in [0.25, 0.3) is 0 Å². The molecular formula is C16H26N2O. The molecule has 2 aliphatic carbocycles. The standard InChI is InChI=1S/C16H26N2O/c1-2-17-11-12-5-7-18(8-6-12)16(19)15-10-13-3-4-14(15)9-13/h3-4,12-15,17H,2,5-11H2,1H3. The van der Waals surface area contributed by atoms with Crippen LogP contribution in [0.5, 0.6) is 0 Å². The maximum Gasteiger partial charge on any atom is 0.226 e. The Morgan fingerprint density at radius 1 is 1.26 bits per heavy atom. The first-order valence-electron chi connectivity index (χ1n) is 7.95. The largest absolute Gasteiger partial charge is 0.342 e. The van der Waals surface area contributed by atoms with Gasteiger partial charge in [-0.25, -0.2) is 0 Å². The van der Waals surface area contributed by atoms with Crippen LogP contribution in [0, 0.1) is 23.7 Å². The maximum absolute atomic E-state index is 12.6. The number of nitrogens with one attached hydrogen (secondary N) is 1. The second-order valence-electron chi connectivity index (χ2n) is 6.46. The Morgan fingerprint density at radius 2 is 2.05 bits per heavy atom. The quantitative estimate of drug-likeness (QED) is 0.786. The molecule has 1 heterocycles. The smallest absolute Gasteiger partial charge is 0.226 e. The first-order valence-corrected chi connectivity index (χ1v) is 7.95. The van der Waals surface area contributed by atoms with Gasteiger partial charge in [0.05, 0.1) is 0 Å². The summed E-state index contributed by atoms with van der Waals surface area (Å²) in [6, 6.07) is 0. The zero-order valence-corrected chi connectivity index (χ0v) is 12.0. The lowest BCUT2D eigenvalue weighted by Crippen LogP contribution is -2.44. The summed E-state index contributed by atoms with van der Waals surface area (Å²) in [5, 5.41) is 3.43. The first kappa shape index (κ1) is 13.2. The van der Waals surface area contributed by atoms with Crippen LogP contribution in [0.2, 0.25) is 0 Å². The molecule has 0 radical (unpaired) electrons. The van der Waals surface area contributed by atoms with Crippen LogP contribution < -0.4 is 5.32 Å². The first-order chi connectivity index (χ1) is 9.28. The summed E-state index contributed by atoms with van der Waals surface area (Å²) in [5.74, 6) is 2.77. The Balaban J connectivity index is 1.49. The van der Waals surface area contributed by atoms with Gasteiger partial charge in [-0.05, 0) is 56.5 Å². The number of hydrogen-bond acceptors (Lipinski definition) is 2. The number of hydrogen-bond donors (Lipinski definition) is 1. The van der Waals surface area contributed by atoms with Crippen LogP contribution in [0.3, 0.4) is 0 Å². The highest BCUT2D eigenvalue weighted by atomic mass is 16.2. The number of piperidine rings is 1. The monoisotopic (exact) mass is 262 g/mol. The van der Waals surface area contributed by atoms with Gasteiger partial charge in [-0.2, -0.15) is 0 Å². The molecule has 3 nitrogen and oxygen atoms in total. The lowest BCUT2D eigenvalue weighted by molar-refractivity contribution is -0.137. The second-order valence-corrected chi connectivity index (χ2v) is 6.46. The van der Waals surface area contributed by atoms with Gasteiger partial charge in [-0.15, -0.1) is 0 Å². The van der Waals surface area contributed by atoms with E-state index < -0.39 is 0 Å². The van der Waals surface area contributed by atoms with E-state index in [0.29, 0.717) is 23.7 Å². The van der Waals surface area contributed by atoms with E-state index in [4.69, 9.17) is 0 Å². The number of nitrogens with zero attached hydrogens (tertiary/aromatic N) is 1. The van der Waals surface area contributed by atoms with Crippen molar-refractivity contribution in [3.8, 4) is 0 Å². The molecule has 1 amide bonds. The summed E-state index contributed by atoms with van der Waals surface area (Å²) in [6.45, 7) is 6.28. The van der Waals surface area contributed by atoms with Gasteiger partial charge in [0, 0.05) is 19.0 Å². The number of rotatable bonds is 4. The van der Waals surface area contributed by atoms with Gasteiger partial charge in [0.15, 0.2) is 0 Å². The summed E-state index contributed by atoms with van der Waals surface area (Å²) in [6.07, 6.45) is 9.29. The molecular weight excluding hydrogens is 236 g/mol. The lowest BCUT2D eigenvalue weighted by atomic mass is 9.90. The van der Waals surface area contributed by atoms with Crippen LogP contribution >= 0.6 is 0 Å². The SMILES string of the molecule is CCNCC1CCN(C(=O)C2CC3C=CC2C3)CC1. The summed E-state index contributed by atoms with van der Waals surface area (Å²) >= 11 is 0. The average Bonchev–Trinajstić information content (AvgIpc) is 3.07. The fourth-order valence-corrected chi connectivity index (χ4v) is 4.01. The van der Waals surface area contributed by atoms with E-state index in [1.165, 1.54) is 19.3 Å². The molecule has 0 aromatic carbocycles. The van der Waals surface area contributed by atoms with Crippen molar-refractivity contribution < 1.29 is 4.79 Å². The van der Waals surface area contributed by atoms with Crippen LogP contribution in [0.15, 0.2) is 12.2 Å². The van der Waals surface area contributed by atoms with Crippen molar-refractivity contribution in [2.24, 2.45) is 23.7 Å². The highest BCUT2D eigenvalue weighted by Crippen LogP contribution is 2.44. The minimum Gasteiger partial charge on any atom is -0.342 e. The van der Waals surface area contributed by atoms with Crippen molar-refractivity contribution in [3.63, 3.8) is 0 Å². The molecule has 1 saturated heterocycles. The van der Waals surface area contributed by atoms with Crippen LogP contribution in [0.4, 0.5) is 0 Å². The normalized spacial score (nSPS) is 34.2. The second kappa shape index (κ2) is 5.66. The Labute approximate surface area is 116 Å². The Bertz CT molecular complexity index is 358. The number of allylic oxidation sites excluding steroid dienone is 2. The summed E-state index contributed by atoms with van der Waals surface area (Å²) in [5.41, 5.74) is 0. The molecule has 106 valence electrons. The minimum atomic E-state index is 0.306. The molecule has 0 aromatic rings. The van der Waals surface area contributed by atoms with E-state index in [9.17, 15) is 4.79 Å². The molecule has 2 fully saturated rings. The van der Waals surface area contributed by atoms with Crippen LogP contribution in [-0.2, 0) is 4.79 Å². The van der Waals surface area contributed by atoms with E-state index in [1.54, 1.807) is 0 Å². The topological polar surface area (TPSA) is 32.3 Å². The van der Waals surface area contributed by atoms with Crippen molar-refractivity contribution in [1.29, 1.82) is 0 Å². The van der Waals surface area contributed by atoms with Gasteiger partial charge < -0.3 is 10.2 Å². The minimum absolute atomic E-state index is 0.306. The molecule has 3 unspecified atom stereocenters. The van der Waals surface area contributed by atoms with Gasteiger partial charge in [0.1, 0.15) is 0 Å². The van der Waals surface area contributed by atoms with E-state index in [-0.39, 0.29) is 0 Å². The highest BCUT2D eigenvalue weighted by molar-refractivity contribution is 5.80. The molecule has 0 aromatic heterocycles. The summed E-state index contributed by atoms with van der Waals surface area (Å²) < 4.78 is 0. The van der Waals surface area contributed by atoms with Gasteiger partial charge in [-0.1, -0.05) is 19.1 Å². The van der Waals surface area contributed by atoms with E-state index in [1.807, 2.05) is 0 Å². The van der Waals surface area contributed by atoms with Gasteiger partial charge in [0.25, 0.3) is 0 Å². The van der Waals surface area contributed by atoms with E-state index in [0.717, 1.165) is 38.5 Å². The lowest BCUT2D eigenvalue weighted by Gasteiger charge is -2.34.